The molecule has 4 heteroatoms. The number of aryl methyl sites for hydroxylation is 1. The van der Waals surface area contributed by atoms with E-state index in [9.17, 15) is 4.79 Å². The minimum atomic E-state index is -0.151. The van der Waals surface area contributed by atoms with Gasteiger partial charge in [0.15, 0.2) is 6.61 Å². The largest absolute Gasteiger partial charge is 0.484 e. The zero-order valence-electron chi connectivity index (χ0n) is 11.2. The van der Waals surface area contributed by atoms with E-state index in [4.69, 9.17) is 16.3 Å². The number of amides is 1. The Morgan fingerprint density at radius 3 is 2.65 bits per heavy atom. The standard InChI is InChI=1S/C16H16ClNO2/c1-12-3-2-4-13(9-12)10-18-16(19)11-20-15-7-5-14(17)6-8-15/h2-9H,10-11H2,1H3,(H,18,19). The minimum Gasteiger partial charge on any atom is -0.484 e. The lowest BCUT2D eigenvalue weighted by atomic mass is 10.1. The first-order chi connectivity index (χ1) is 9.63. The molecule has 3 nitrogen and oxygen atoms in total. The summed E-state index contributed by atoms with van der Waals surface area (Å²) in [6, 6.07) is 14.9. The summed E-state index contributed by atoms with van der Waals surface area (Å²) < 4.78 is 5.36. The molecule has 0 radical (unpaired) electrons. The molecule has 1 amide bonds. The molecule has 0 fully saturated rings. The maximum absolute atomic E-state index is 11.7. The number of benzene rings is 2. The number of carbonyl (C=O) groups is 1. The van der Waals surface area contributed by atoms with Gasteiger partial charge in [0.1, 0.15) is 5.75 Å². The summed E-state index contributed by atoms with van der Waals surface area (Å²) in [5, 5.41) is 3.46. The van der Waals surface area contributed by atoms with Gasteiger partial charge in [0.2, 0.25) is 0 Å². The maximum atomic E-state index is 11.7. The molecule has 0 heterocycles. The SMILES string of the molecule is Cc1cccc(CNC(=O)COc2ccc(Cl)cc2)c1. The van der Waals surface area contributed by atoms with Crippen molar-refractivity contribution in [1.29, 1.82) is 0 Å². The van der Waals surface area contributed by atoms with Gasteiger partial charge >= 0.3 is 0 Å². The Morgan fingerprint density at radius 2 is 1.95 bits per heavy atom. The first-order valence-corrected chi connectivity index (χ1v) is 6.72. The van der Waals surface area contributed by atoms with Gasteiger partial charge in [-0.3, -0.25) is 4.79 Å². The van der Waals surface area contributed by atoms with Crippen LogP contribution in [0.5, 0.6) is 5.75 Å². The van der Waals surface area contributed by atoms with Crippen molar-refractivity contribution in [2.45, 2.75) is 13.5 Å². The van der Waals surface area contributed by atoms with Crippen LogP contribution in [0.4, 0.5) is 0 Å². The molecule has 0 aliphatic carbocycles. The Balaban J connectivity index is 1.77. The monoisotopic (exact) mass is 289 g/mol. The smallest absolute Gasteiger partial charge is 0.258 e. The summed E-state index contributed by atoms with van der Waals surface area (Å²) in [5.41, 5.74) is 2.25. The van der Waals surface area contributed by atoms with E-state index < -0.39 is 0 Å². The fraction of sp³-hybridized carbons (Fsp3) is 0.188. The molecule has 0 aromatic heterocycles. The van der Waals surface area contributed by atoms with E-state index in [1.54, 1.807) is 24.3 Å². The van der Waals surface area contributed by atoms with E-state index in [1.807, 2.05) is 31.2 Å². The second kappa shape index (κ2) is 6.96. The fourth-order valence-electron chi connectivity index (χ4n) is 1.75. The lowest BCUT2D eigenvalue weighted by Gasteiger charge is -2.08. The Hall–Kier alpha value is -2.00. The highest BCUT2D eigenvalue weighted by Gasteiger charge is 2.03. The van der Waals surface area contributed by atoms with Gasteiger partial charge in [-0.05, 0) is 36.8 Å². The zero-order chi connectivity index (χ0) is 14.4. The molecule has 0 unspecified atom stereocenters. The number of halogens is 1. The topological polar surface area (TPSA) is 38.3 Å². The summed E-state index contributed by atoms with van der Waals surface area (Å²) in [6.07, 6.45) is 0. The molecule has 20 heavy (non-hydrogen) atoms. The highest BCUT2D eigenvalue weighted by molar-refractivity contribution is 6.30. The number of hydrogen-bond donors (Lipinski definition) is 1. The Kier molecular flexibility index (Phi) is 5.02. The molecule has 0 aliphatic rings. The van der Waals surface area contributed by atoms with Gasteiger partial charge in [-0.25, -0.2) is 0 Å². The Labute approximate surface area is 123 Å². The van der Waals surface area contributed by atoms with Crippen LogP contribution in [-0.4, -0.2) is 12.5 Å². The average Bonchev–Trinajstić information content (AvgIpc) is 2.45. The Bertz CT molecular complexity index is 581. The highest BCUT2D eigenvalue weighted by atomic mass is 35.5. The van der Waals surface area contributed by atoms with Gasteiger partial charge in [0, 0.05) is 11.6 Å². The van der Waals surface area contributed by atoms with Crippen LogP contribution < -0.4 is 10.1 Å². The second-order valence-electron chi connectivity index (χ2n) is 4.51. The van der Waals surface area contributed by atoms with Gasteiger partial charge < -0.3 is 10.1 Å². The predicted octanol–water partition coefficient (Wildman–Crippen LogP) is 3.34. The quantitative estimate of drug-likeness (QED) is 0.917. The van der Waals surface area contributed by atoms with Gasteiger partial charge in [0.25, 0.3) is 5.91 Å². The van der Waals surface area contributed by atoms with Crippen molar-refractivity contribution in [3.05, 3.63) is 64.7 Å². The van der Waals surface area contributed by atoms with Crippen LogP contribution in [0.3, 0.4) is 0 Å². The number of rotatable bonds is 5. The summed E-state index contributed by atoms with van der Waals surface area (Å²) in [7, 11) is 0. The third kappa shape index (κ3) is 4.59. The number of ether oxygens (including phenoxy) is 1. The molecule has 2 rings (SSSR count). The van der Waals surface area contributed by atoms with Crippen molar-refractivity contribution >= 4 is 17.5 Å². The minimum absolute atomic E-state index is 0.00650. The first kappa shape index (κ1) is 14.4. The van der Waals surface area contributed by atoms with Crippen molar-refractivity contribution in [3.63, 3.8) is 0 Å². The third-order valence-corrected chi connectivity index (χ3v) is 3.01. The third-order valence-electron chi connectivity index (χ3n) is 2.76. The normalized spacial score (nSPS) is 10.1. The summed E-state index contributed by atoms with van der Waals surface area (Å²) in [6.45, 7) is 2.52. The molecular formula is C16H16ClNO2. The van der Waals surface area contributed by atoms with Crippen LogP contribution in [0, 0.1) is 6.92 Å². The molecule has 1 N–H and O–H groups in total. The first-order valence-electron chi connectivity index (χ1n) is 6.34. The van der Waals surface area contributed by atoms with E-state index in [0.29, 0.717) is 17.3 Å². The van der Waals surface area contributed by atoms with Crippen LogP contribution in [0.1, 0.15) is 11.1 Å². The lowest BCUT2D eigenvalue weighted by molar-refractivity contribution is -0.123. The fourth-order valence-corrected chi connectivity index (χ4v) is 1.88. The van der Waals surface area contributed by atoms with E-state index in [1.165, 1.54) is 5.56 Å². The van der Waals surface area contributed by atoms with Crippen molar-refractivity contribution in [3.8, 4) is 5.75 Å². The number of carbonyl (C=O) groups excluding carboxylic acids is 1. The molecule has 0 aliphatic heterocycles. The molecule has 0 spiro atoms. The molecule has 0 saturated heterocycles. The van der Waals surface area contributed by atoms with Gasteiger partial charge in [-0.1, -0.05) is 41.4 Å². The molecule has 0 bridgehead atoms. The Morgan fingerprint density at radius 1 is 1.20 bits per heavy atom. The van der Waals surface area contributed by atoms with Crippen LogP contribution in [-0.2, 0) is 11.3 Å². The van der Waals surface area contributed by atoms with Crippen LogP contribution in [0.15, 0.2) is 48.5 Å². The van der Waals surface area contributed by atoms with E-state index >= 15 is 0 Å². The van der Waals surface area contributed by atoms with Gasteiger partial charge in [0.05, 0.1) is 0 Å². The van der Waals surface area contributed by atoms with Crippen molar-refractivity contribution in [1.82, 2.24) is 5.32 Å². The highest BCUT2D eigenvalue weighted by Crippen LogP contribution is 2.15. The van der Waals surface area contributed by atoms with Gasteiger partial charge in [-0.15, -0.1) is 0 Å². The maximum Gasteiger partial charge on any atom is 0.258 e. The lowest BCUT2D eigenvalue weighted by Crippen LogP contribution is -2.28. The second-order valence-corrected chi connectivity index (χ2v) is 4.94. The van der Waals surface area contributed by atoms with Crippen molar-refractivity contribution in [2.24, 2.45) is 0 Å². The molecule has 2 aromatic carbocycles. The van der Waals surface area contributed by atoms with E-state index in [0.717, 1.165) is 5.56 Å². The van der Waals surface area contributed by atoms with Crippen LogP contribution in [0.25, 0.3) is 0 Å². The van der Waals surface area contributed by atoms with Gasteiger partial charge in [-0.2, -0.15) is 0 Å². The predicted molar refractivity (Wildman–Crippen MR) is 80.0 cm³/mol. The number of hydrogen-bond acceptors (Lipinski definition) is 2. The van der Waals surface area contributed by atoms with Crippen LogP contribution in [0.2, 0.25) is 5.02 Å². The van der Waals surface area contributed by atoms with Crippen molar-refractivity contribution in [2.75, 3.05) is 6.61 Å². The summed E-state index contributed by atoms with van der Waals surface area (Å²) >= 11 is 5.77. The molecule has 0 atom stereocenters. The summed E-state index contributed by atoms with van der Waals surface area (Å²) in [4.78, 5) is 11.7. The number of nitrogens with one attached hydrogen (secondary N) is 1. The average molecular weight is 290 g/mol. The van der Waals surface area contributed by atoms with E-state index in [-0.39, 0.29) is 12.5 Å². The molecule has 2 aromatic rings. The zero-order valence-corrected chi connectivity index (χ0v) is 12.0. The molecule has 0 saturated carbocycles. The molecular weight excluding hydrogens is 274 g/mol. The summed E-state index contributed by atoms with van der Waals surface area (Å²) in [5.74, 6) is 0.474. The van der Waals surface area contributed by atoms with Crippen LogP contribution >= 0.6 is 11.6 Å². The van der Waals surface area contributed by atoms with Crippen molar-refractivity contribution < 1.29 is 9.53 Å². The molecule has 104 valence electrons. The van der Waals surface area contributed by atoms with E-state index in [2.05, 4.69) is 5.32 Å².